The third-order valence-corrected chi connectivity index (χ3v) is 3.38. The Morgan fingerprint density at radius 1 is 1.12 bits per heavy atom. The van der Waals surface area contributed by atoms with Crippen LogP contribution < -0.4 is 15.4 Å². The SMILES string of the molecule is CC(C)(C)CCC(NC(=O)CNC(=O)COc1ccccc1)C(=O)O. The molecule has 1 atom stereocenters. The minimum absolute atomic E-state index is 0.0264. The monoisotopic (exact) mass is 350 g/mol. The van der Waals surface area contributed by atoms with Gasteiger partial charge >= 0.3 is 5.97 Å². The second kappa shape index (κ2) is 9.66. The number of nitrogens with one attached hydrogen (secondary N) is 2. The Labute approximate surface area is 147 Å². The van der Waals surface area contributed by atoms with Crippen molar-refractivity contribution in [2.75, 3.05) is 13.2 Å². The van der Waals surface area contributed by atoms with Crippen LogP contribution in [0.15, 0.2) is 30.3 Å². The number of carboxylic acids is 1. The van der Waals surface area contributed by atoms with E-state index in [9.17, 15) is 19.5 Å². The molecule has 0 aromatic heterocycles. The Morgan fingerprint density at radius 2 is 1.76 bits per heavy atom. The third-order valence-electron chi connectivity index (χ3n) is 3.38. The van der Waals surface area contributed by atoms with E-state index in [2.05, 4.69) is 10.6 Å². The van der Waals surface area contributed by atoms with E-state index >= 15 is 0 Å². The number of rotatable bonds is 9. The molecule has 0 spiro atoms. The average molecular weight is 350 g/mol. The highest BCUT2D eigenvalue weighted by Crippen LogP contribution is 2.21. The molecule has 2 amide bonds. The second-order valence-corrected chi connectivity index (χ2v) is 6.94. The van der Waals surface area contributed by atoms with Gasteiger partial charge in [0.2, 0.25) is 5.91 Å². The number of carbonyl (C=O) groups is 3. The first kappa shape index (κ1) is 20.5. The summed E-state index contributed by atoms with van der Waals surface area (Å²) in [5.74, 6) is -1.54. The molecule has 7 heteroatoms. The van der Waals surface area contributed by atoms with Crippen LogP contribution in [0.3, 0.4) is 0 Å². The van der Waals surface area contributed by atoms with Crippen LogP contribution in [0, 0.1) is 5.41 Å². The Balaban J connectivity index is 2.33. The molecule has 0 aliphatic heterocycles. The molecule has 1 rings (SSSR count). The van der Waals surface area contributed by atoms with Crippen LogP contribution in [0.4, 0.5) is 0 Å². The molecular formula is C18H26N2O5. The minimum Gasteiger partial charge on any atom is -0.484 e. The molecule has 1 unspecified atom stereocenters. The summed E-state index contributed by atoms with van der Waals surface area (Å²) in [7, 11) is 0. The zero-order chi connectivity index (χ0) is 18.9. The number of benzene rings is 1. The Bertz CT molecular complexity index is 581. The number of hydrogen-bond donors (Lipinski definition) is 3. The van der Waals surface area contributed by atoms with Gasteiger partial charge in [-0.1, -0.05) is 39.0 Å². The Hall–Kier alpha value is -2.57. The predicted octanol–water partition coefficient (Wildman–Crippen LogP) is 1.58. The topological polar surface area (TPSA) is 105 Å². The molecule has 0 aliphatic carbocycles. The number of ether oxygens (including phenoxy) is 1. The molecule has 0 saturated heterocycles. The summed E-state index contributed by atoms with van der Waals surface area (Å²) in [6.45, 7) is 5.49. The van der Waals surface area contributed by atoms with E-state index in [-0.39, 0.29) is 18.6 Å². The van der Waals surface area contributed by atoms with Gasteiger partial charge in [-0.25, -0.2) is 4.79 Å². The summed E-state index contributed by atoms with van der Waals surface area (Å²) in [5.41, 5.74) is -0.0264. The number of amides is 2. The highest BCUT2D eigenvalue weighted by atomic mass is 16.5. The van der Waals surface area contributed by atoms with Crippen molar-refractivity contribution in [1.82, 2.24) is 10.6 Å². The number of para-hydroxylation sites is 1. The molecule has 25 heavy (non-hydrogen) atoms. The maximum Gasteiger partial charge on any atom is 0.326 e. The first-order valence-electron chi connectivity index (χ1n) is 8.14. The summed E-state index contributed by atoms with van der Waals surface area (Å²) in [4.78, 5) is 34.7. The summed E-state index contributed by atoms with van der Waals surface area (Å²) in [5, 5.41) is 14.0. The van der Waals surface area contributed by atoms with E-state index in [1.54, 1.807) is 24.3 Å². The standard InChI is InChI=1S/C18H26N2O5/c1-18(2,3)10-9-14(17(23)24)20-15(21)11-19-16(22)12-25-13-7-5-4-6-8-13/h4-8,14H,9-12H2,1-3H3,(H,19,22)(H,20,21)(H,23,24). The first-order chi connectivity index (χ1) is 11.7. The molecule has 7 nitrogen and oxygen atoms in total. The number of aliphatic carboxylic acids is 1. The molecule has 3 N–H and O–H groups in total. The highest BCUT2D eigenvalue weighted by Gasteiger charge is 2.22. The van der Waals surface area contributed by atoms with Crippen LogP contribution in [0.25, 0.3) is 0 Å². The quantitative estimate of drug-likeness (QED) is 0.627. The lowest BCUT2D eigenvalue weighted by atomic mass is 9.88. The molecule has 1 aromatic carbocycles. The number of hydrogen-bond acceptors (Lipinski definition) is 4. The molecule has 1 aromatic rings. The van der Waals surface area contributed by atoms with Crippen molar-refractivity contribution in [3.63, 3.8) is 0 Å². The van der Waals surface area contributed by atoms with Gasteiger partial charge in [0, 0.05) is 0 Å². The van der Waals surface area contributed by atoms with Crippen LogP contribution in [-0.4, -0.2) is 42.1 Å². The fourth-order valence-electron chi connectivity index (χ4n) is 1.98. The van der Waals surface area contributed by atoms with Crippen molar-refractivity contribution in [3.05, 3.63) is 30.3 Å². The Morgan fingerprint density at radius 3 is 2.32 bits per heavy atom. The van der Waals surface area contributed by atoms with Gasteiger partial charge in [-0.15, -0.1) is 0 Å². The van der Waals surface area contributed by atoms with Crippen molar-refractivity contribution in [2.45, 2.75) is 39.7 Å². The molecular weight excluding hydrogens is 324 g/mol. The van der Waals surface area contributed by atoms with E-state index in [1.807, 2.05) is 26.8 Å². The summed E-state index contributed by atoms with van der Waals surface area (Å²) < 4.78 is 5.26. The zero-order valence-electron chi connectivity index (χ0n) is 14.9. The summed E-state index contributed by atoms with van der Waals surface area (Å²) in [6.07, 6.45) is 0.983. The number of carbonyl (C=O) groups excluding carboxylic acids is 2. The van der Waals surface area contributed by atoms with Gasteiger partial charge in [-0.2, -0.15) is 0 Å². The Kier molecular flexibility index (Phi) is 7.91. The van der Waals surface area contributed by atoms with Crippen molar-refractivity contribution in [1.29, 1.82) is 0 Å². The lowest BCUT2D eigenvalue weighted by Gasteiger charge is -2.21. The fraction of sp³-hybridized carbons (Fsp3) is 0.500. The zero-order valence-corrected chi connectivity index (χ0v) is 14.9. The maximum absolute atomic E-state index is 11.8. The predicted molar refractivity (Wildman–Crippen MR) is 93.2 cm³/mol. The van der Waals surface area contributed by atoms with Gasteiger partial charge in [-0.3, -0.25) is 9.59 Å². The summed E-state index contributed by atoms with van der Waals surface area (Å²) >= 11 is 0. The van der Waals surface area contributed by atoms with Crippen molar-refractivity contribution < 1.29 is 24.2 Å². The molecule has 0 aliphatic rings. The molecule has 138 valence electrons. The van der Waals surface area contributed by atoms with Crippen LogP contribution in [-0.2, 0) is 14.4 Å². The highest BCUT2D eigenvalue weighted by molar-refractivity contribution is 5.88. The van der Waals surface area contributed by atoms with E-state index in [1.165, 1.54) is 0 Å². The van der Waals surface area contributed by atoms with E-state index in [4.69, 9.17) is 4.74 Å². The van der Waals surface area contributed by atoms with Crippen LogP contribution in [0.5, 0.6) is 5.75 Å². The molecule has 0 radical (unpaired) electrons. The van der Waals surface area contributed by atoms with E-state index in [0.717, 1.165) is 0 Å². The van der Waals surface area contributed by atoms with Gasteiger partial charge in [-0.05, 0) is 30.4 Å². The van der Waals surface area contributed by atoms with Crippen LogP contribution in [0.1, 0.15) is 33.6 Å². The van der Waals surface area contributed by atoms with Gasteiger partial charge in [0.25, 0.3) is 5.91 Å². The normalized spacial score (nSPS) is 12.1. The van der Waals surface area contributed by atoms with Crippen LogP contribution in [0.2, 0.25) is 0 Å². The molecule has 0 fully saturated rings. The van der Waals surface area contributed by atoms with Crippen molar-refractivity contribution in [2.24, 2.45) is 5.41 Å². The molecule has 0 bridgehead atoms. The maximum atomic E-state index is 11.8. The minimum atomic E-state index is -1.09. The van der Waals surface area contributed by atoms with Gasteiger partial charge in [0.05, 0.1) is 6.54 Å². The van der Waals surface area contributed by atoms with E-state index < -0.39 is 23.8 Å². The lowest BCUT2D eigenvalue weighted by molar-refractivity contribution is -0.142. The fourth-order valence-corrected chi connectivity index (χ4v) is 1.98. The van der Waals surface area contributed by atoms with Crippen molar-refractivity contribution in [3.8, 4) is 5.75 Å². The smallest absolute Gasteiger partial charge is 0.326 e. The molecule has 0 heterocycles. The van der Waals surface area contributed by atoms with Crippen molar-refractivity contribution >= 4 is 17.8 Å². The van der Waals surface area contributed by atoms with Crippen LogP contribution >= 0.6 is 0 Å². The second-order valence-electron chi connectivity index (χ2n) is 6.94. The largest absolute Gasteiger partial charge is 0.484 e. The average Bonchev–Trinajstić information content (AvgIpc) is 2.54. The van der Waals surface area contributed by atoms with E-state index in [0.29, 0.717) is 18.6 Å². The van der Waals surface area contributed by atoms with Gasteiger partial charge in [0.15, 0.2) is 6.61 Å². The number of carboxylic acid groups (broad SMARTS) is 1. The van der Waals surface area contributed by atoms with Gasteiger partial charge in [0.1, 0.15) is 11.8 Å². The summed E-state index contributed by atoms with van der Waals surface area (Å²) in [6, 6.07) is 7.85. The third kappa shape index (κ3) is 9.34. The molecule has 0 saturated carbocycles. The van der Waals surface area contributed by atoms with Gasteiger partial charge < -0.3 is 20.5 Å². The first-order valence-corrected chi connectivity index (χ1v) is 8.14. The lowest BCUT2D eigenvalue weighted by Crippen LogP contribution is -2.46.